The first-order chi connectivity index (χ1) is 11.0. The van der Waals surface area contributed by atoms with Crippen LogP contribution in [0.3, 0.4) is 0 Å². The Morgan fingerprint density at radius 1 is 1.21 bits per heavy atom. The Morgan fingerprint density at radius 3 is 2.29 bits per heavy atom. The number of aromatic nitrogens is 1. The van der Waals surface area contributed by atoms with Crippen molar-refractivity contribution in [3.05, 3.63) is 11.8 Å². The molecule has 1 amide bonds. The minimum atomic E-state index is -3.82. The molecule has 1 saturated heterocycles. The van der Waals surface area contributed by atoms with E-state index in [9.17, 15) is 13.2 Å². The Hall–Kier alpha value is -1.45. The van der Waals surface area contributed by atoms with Gasteiger partial charge < -0.3 is 9.26 Å². The molecule has 1 N–H and O–H groups in total. The lowest BCUT2D eigenvalue weighted by atomic mass is 9.92. The third-order valence-electron chi connectivity index (χ3n) is 4.02. The molecule has 136 valence electrons. The second kappa shape index (κ2) is 6.45. The number of anilines is 1. The van der Waals surface area contributed by atoms with Gasteiger partial charge in [0.05, 0.1) is 18.9 Å². The summed E-state index contributed by atoms with van der Waals surface area (Å²) in [5, 5.41) is 6.42. The first-order valence-corrected chi connectivity index (χ1v) is 9.26. The molecule has 1 fully saturated rings. The second-order valence-electron chi connectivity index (χ2n) is 7.31. The van der Waals surface area contributed by atoms with Crippen LogP contribution in [0.1, 0.15) is 40.3 Å². The van der Waals surface area contributed by atoms with Gasteiger partial charge in [0.15, 0.2) is 4.75 Å². The Balaban J connectivity index is 2.16. The highest BCUT2D eigenvalue weighted by molar-refractivity contribution is 7.91. The molecule has 24 heavy (non-hydrogen) atoms. The summed E-state index contributed by atoms with van der Waals surface area (Å²) in [6.45, 7) is 9.80. The van der Waals surface area contributed by atoms with E-state index in [0.29, 0.717) is 18.9 Å². The third kappa shape index (κ3) is 3.62. The normalized spacial score (nSPS) is 17.7. The number of nitrogens with one attached hydrogen (secondary N) is 1. The van der Waals surface area contributed by atoms with Gasteiger partial charge >= 0.3 is 0 Å². The van der Waals surface area contributed by atoms with E-state index in [1.807, 2.05) is 20.8 Å². The fourth-order valence-electron chi connectivity index (χ4n) is 2.18. The topological polar surface area (TPSA) is 102 Å². The van der Waals surface area contributed by atoms with Crippen LogP contribution in [0.15, 0.2) is 10.6 Å². The zero-order valence-electron chi connectivity index (χ0n) is 14.7. The summed E-state index contributed by atoms with van der Waals surface area (Å²) >= 11 is 0. The van der Waals surface area contributed by atoms with Gasteiger partial charge in [0.2, 0.25) is 21.8 Å². The highest BCUT2D eigenvalue weighted by atomic mass is 32.2. The van der Waals surface area contributed by atoms with Crippen LogP contribution in [0.4, 0.5) is 5.88 Å². The summed E-state index contributed by atoms with van der Waals surface area (Å²) in [5.74, 6) is -0.527. The van der Waals surface area contributed by atoms with Crippen LogP contribution in [0, 0.1) is 0 Å². The van der Waals surface area contributed by atoms with Crippen molar-refractivity contribution >= 4 is 21.8 Å². The summed E-state index contributed by atoms with van der Waals surface area (Å²) in [4.78, 5) is 12.5. The number of hydrogen-bond donors (Lipinski definition) is 1. The molecule has 2 heterocycles. The van der Waals surface area contributed by atoms with Gasteiger partial charge in [-0.05, 0) is 13.8 Å². The number of morpholine rings is 1. The molecule has 0 aliphatic carbocycles. The lowest BCUT2D eigenvalue weighted by Gasteiger charge is -2.33. The minimum absolute atomic E-state index is 0.134. The van der Waals surface area contributed by atoms with Crippen LogP contribution in [-0.2, 0) is 25.0 Å². The van der Waals surface area contributed by atoms with Gasteiger partial charge in [0.1, 0.15) is 0 Å². The summed E-state index contributed by atoms with van der Waals surface area (Å²) < 4.78 is 35.5. The summed E-state index contributed by atoms with van der Waals surface area (Å²) in [5.41, 5.74) is 0.439. The highest BCUT2D eigenvalue weighted by Gasteiger charge is 2.46. The van der Waals surface area contributed by atoms with Crippen molar-refractivity contribution < 1.29 is 22.5 Å². The molecule has 8 nitrogen and oxygen atoms in total. The molecule has 0 saturated carbocycles. The molecule has 1 aliphatic heterocycles. The van der Waals surface area contributed by atoms with Gasteiger partial charge in [-0.1, -0.05) is 25.9 Å². The Bertz CT molecular complexity index is 697. The highest BCUT2D eigenvalue weighted by Crippen LogP contribution is 2.27. The summed E-state index contributed by atoms with van der Waals surface area (Å²) in [6, 6.07) is 1.61. The molecule has 1 aromatic heterocycles. The first-order valence-electron chi connectivity index (χ1n) is 7.82. The van der Waals surface area contributed by atoms with Crippen LogP contribution in [0.5, 0.6) is 0 Å². The first kappa shape index (κ1) is 18.9. The predicted molar refractivity (Wildman–Crippen MR) is 89.2 cm³/mol. The molecule has 1 aromatic rings. The van der Waals surface area contributed by atoms with Crippen LogP contribution in [-0.4, -0.2) is 54.8 Å². The predicted octanol–water partition coefficient (Wildman–Crippen LogP) is 1.35. The number of nitrogens with zero attached hydrogens (tertiary/aromatic N) is 2. The molecule has 9 heteroatoms. The maximum Gasteiger partial charge on any atom is 0.249 e. The molecule has 0 unspecified atom stereocenters. The van der Waals surface area contributed by atoms with Crippen molar-refractivity contribution in [3.63, 3.8) is 0 Å². The van der Waals surface area contributed by atoms with Crippen molar-refractivity contribution in [3.8, 4) is 0 Å². The maximum absolute atomic E-state index is 12.8. The van der Waals surface area contributed by atoms with E-state index >= 15 is 0 Å². The zero-order valence-corrected chi connectivity index (χ0v) is 15.6. The summed E-state index contributed by atoms with van der Waals surface area (Å²) in [6.07, 6.45) is 0. The van der Waals surface area contributed by atoms with Crippen molar-refractivity contribution in [1.82, 2.24) is 9.46 Å². The molecular weight excluding hydrogens is 334 g/mol. The number of ether oxygens (including phenoxy) is 1. The van der Waals surface area contributed by atoms with Crippen molar-refractivity contribution in [2.75, 3.05) is 31.6 Å². The fraction of sp³-hybridized carbons (Fsp3) is 0.733. The smallest absolute Gasteiger partial charge is 0.249 e. The standard InChI is InChI=1S/C15H25N3O5S/c1-14(2,3)11-10-12(23-17-11)16-13(19)15(4,5)24(20,21)18-6-8-22-9-7-18/h10H,6-9H2,1-5H3,(H,16,19). The van der Waals surface area contributed by atoms with E-state index < -0.39 is 20.7 Å². The van der Waals surface area contributed by atoms with Crippen molar-refractivity contribution in [1.29, 1.82) is 0 Å². The largest absolute Gasteiger partial charge is 0.379 e. The van der Waals surface area contributed by atoms with Gasteiger partial charge in [-0.3, -0.25) is 10.1 Å². The molecule has 0 spiro atoms. The van der Waals surface area contributed by atoms with Crippen molar-refractivity contribution in [2.24, 2.45) is 0 Å². The van der Waals surface area contributed by atoms with Gasteiger partial charge in [-0.25, -0.2) is 8.42 Å². The molecule has 0 atom stereocenters. The second-order valence-corrected chi connectivity index (χ2v) is 9.79. The number of amides is 1. The van der Waals surface area contributed by atoms with Crippen LogP contribution < -0.4 is 5.32 Å². The van der Waals surface area contributed by atoms with Crippen molar-refractivity contribution in [2.45, 2.75) is 44.8 Å². The summed E-state index contributed by atoms with van der Waals surface area (Å²) in [7, 11) is -3.82. The van der Waals surface area contributed by atoms with Gasteiger partial charge in [0.25, 0.3) is 0 Å². The number of carbonyl (C=O) groups excluding carboxylic acids is 1. The van der Waals surface area contributed by atoms with Gasteiger partial charge in [0, 0.05) is 24.6 Å². The van der Waals surface area contributed by atoms with E-state index in [1.165, 1.54) is 18.2 Å². The Morgan fingerprint density at radius 2 is 1.79 bits per heavy atom. The monoisotopic (exact) mass is 359 g/mol. The van der Waals surface area contributed by atoms with Crippen LogP contribution in [0.2, 0.25) is 0 Å². The number of hydrogen-bond acceptors (Lipinski definition) is 6. The molecule has 0 aromatic carbocycles. The van der Waals surface area contributed by atoms with E-state index in [0.717, 1.165) is 0 Å². The SMILES string of the molecule is CC(C)(C)c1cc(NC(=O)C(C)(C)S(=O)(=O)N2CCOCC2)on1. The minimum Gasteiger partial charge on any atom is -0.379 e. The number of carbonyl (C=O) groups is 1. The third-order valence-corrected chi connectivity index (χ3v) is 6.54. The molecule has 2 rings (SSSR count). The average molecular weight is 359 g/mol. The molecule has 1 aliphatic rings. The average Bonchev–Trinajstić information content (AvgIpc) is 2.96. The number of sulfonamides is 1. The quantitative estimate of drug-likeness (QED) is 0.871. The Labute approximate surface area is 142 Å². The van der Waals surface area contributed by atoms with E-state index in [-0.39, 0.29) is 24.4 Å². The van der Waals surface area contributed by atoms with Gasteiger partial charge in [-0.15, -0.1) is 0 Å². The lowest BCUT2D eigenvalue weighted by molar-refractivity contribution is -0.118. The molecular formula is C15H25N3O5S. The van der Waals surface area contributed by atoms with Gasteiger partial charge in [-0.2, -0.15) is 4.31 Å². The Kier molecular flexibility index (Phi) is 5.08. The molecule has 0 bridgehead atoms. The molecule has 0 radical (unpaired) electrons. The fourth-order valence-corrected chi connectivity index (χ4v) is 3.74. The van der Waals surface area contributed by atoms with Crippen LogP contribution in [0.25, 0.3) is 0 Å². The number of rotatable bonds is 4. The van der Waals surface area contributed by atoms with E-state index in [1.54, 1.807) is 6.07 Å². The lowest BCUT2D eigenvalue weighted by Crippen LogP contribution is -2.54. The van der Waals surface area contributed by atoms with E-state index in [2.05, 4.69) is 10.5 Å². The maximum atomic E-state index is 12.8. The zero-order chi connectivity index (χ0) is 18.2. The van der Waals surface area contributed by atoms with E-state index in [4.69, 9.17) is 9.26 Å². The van der Waals surface area contributed by atoms with Crippen LogP contribution >= 0.6 is 0 Å².